The molecule has 1 unspecified atom stereocenters. The molecule has 150 valence electrons. The molecule has 0 saturated carbocycles. The third-order valence-electron chi connectivity index (χ3n) is 5.19. The number of sulfonamides is 1. The summed E-state index contributed by atoms with van der Waals surface area (Å²) in [6.07, 6.45) is -4.46. The van der Waals surface area contributed by atoms with Crippen LogP contribution < -0.4 is 4.72 Å². The van der Waals surface area contributed by atoms with Crippen LogP contribution in [0.1, 0.15) is 28.2 Å². The van der Waals surface area contributed by atoms with Gasteiger partial charge in [-0.15, -0.1) is 0 Å². The van der Waals surface area contributed by atoms with Gasteiger partial charge in [0.15, 0.2) is 0 Å². The predicted molar refractivity (Wildman–Crippen MR) is 105 cm³/mol. The highest BCUT2D eigenvalue weighted by Gasteiger charge is 2.35. The molecule has 0 radical (unpaired) electrons. The average Bonchev–Trinajstić information content (AvgIpc) is 2.99. The zero-order chi connectivity index (χ0) is 20.8. The highest BCUT2D eigenvalue weighted by atomic mass is 32.2. The second kappa shape index (κ2) is 7.00. The largest absolute Gasteiger partial charge is 0.416 e. The van der Waals surface area contributed by atoms with Gasteiger partial charge in [-0.3, -0.25) is 0 Å². The maximum atomic E-state index is 13.2. The van der Waals surface area contributed by atoms with Crippen molar-refractivity contribution in [3.05, 3.63) is 89.0 Å². The van der Waals surface area contributed by atoms with Crippen LogP contribution in [0.2, 0.25) is 0 Å². The summed E-state index contributed by atoms with van der Waals surface area (Å²) < 4.78 is 67.6. The van der Waals surface area contributed by atoms with Crippen LogP contribution in [0.3, 0.4) is 0 Å². The zero-order valence-corrected chi connectivity index (χ0v) is 16.3. The van der Waals surface area contributed by atoms with E-state index in [2.05, 4.69) is 4.72 Å². The Morgan fingerprint density at radius 3 is 2.24 bits per heavy atom. The minimum Gasteiger partial charge on any atom is -0.210 e. The Balaban J connectivity index is 1.69. The summed E-state index contributed by atoms with van der Waals surface area (Å²) in [5.74, 6) is -0.497. The van der Waals surface area contributed by atoms with Crippen molar-refractivity contribution in [1.82, 2.24) is 4.72 Å². The summed E-state index contributed by atoms with van der Waals surface area (Å²) >= 11 is 0. The molecule has 3 nitrogen and oxygen atoms in total. The molecule has 0 heterocycles. The van der Waals surface area contributed by atoms with Gasteiger partial charge in [-0.1, -0.05) is 48.0 Å². The van der Waals surface area contributed by atoms with E-state index in [4.69, 9.17) is 0 Å². The molecule has 1 aliphatic rings. The number of hydrogen-bond acceptors (Lipinski definition) is 2. The quantitative estimate of drug-likeness (QED) is 0.642. The fraction of sp³-hybridized carbons (Fsp3) is 0.182. The molecule has 29 heavy (non-hydrogen) atoms. The number of alkyl halides is 3. The molecule has 1 aliphatic carbocycles. The molecule has 3 aromatic rings. The van der Waals surface area contributed by atoms with Crippen molar-refractivity contribution in [1.29, 1.82) is 0 Å². The molecule has 0 bridgehead atoms. The summed E-state index contributed by atoms with van der Waals surface area (Å²) in [5, 5.41) is 0. The maximum absolute atomic E-state index is 13.2. The van der Waals surface area contributed by atoms with Crippen LogP contribution in [0.15, 0.2) is 71.6 Å². The Morgan fingerprint density at radius 2 is 1.55 bits per heavy atom. The van der Waals surface area contributed by atoms with Gasteiger partial charge in [0.25, 0.3) is 0 Å². The fourth-order valence-corrected chi connectivity index (χ4v) is 4.75. The van der Waals surface area contributed by atoms with E-state index in [0.717, 1.165) is 28.8 Å². The van der Waals surface area contributed by atoms with Crippen LogP contribution in [0.5, 0.6) is 0 Å². The number of benzene rings is 3. The first-order valence-corrected chi connectivity index (χ1v) is 10.5. The van der Waals surface area contributed by atoms with E-state index >= 15 is 0 Å². The lowest BCUT2D eigenvalue weighted by atomic mass is 9.96. The van der Waals surface area contributed by atoms with E-state index in [1.807, 2.05) is 25.1 Å². The highest BCUT2D eigenvalue weighted by molar-refractivity contribution is 7.89. The Kier molecular flexibility index (Phi) is 4.75. The van der Waals surface area contributed by atoms with Gasteiger partial charge in [0.2, 0.25) is 10.0 Å². The molecule has 1 atom stereocenters. The second-order valence-electron chi connectivity index (χ2n) is 7.10. The number of fused-ring (bicyclic) bond motifs is 3. The van der Waals surface area contributed by atoms with Crippen molar-refractivity contribution >= 4 is 10.0 Å². The number of hydrogen-bond donors (Lipinski definition) is 1. The first-order valence-electron chi connectivity index (χ1n) is 9.03. The normalized spacial score (nSPS) is 15.8. The lowest BCUT2D eigenvalue weighted by Crippen LogP contribution is -2.28. The van der Waals surface area contributed by atoms with Gasteiger partial charge in [-0.05, 0) is 53.4 Å². The third-order valence-corrected chi connectivity index (χ3v) is 6.63. The van der Waals surface area contributed by atoms with Crippen LogP contribution in [-0.4, -0.2) is 15.0 Å². The van der Waals surface area contributed by atoms with E-state index in [9.17, 15) is 21.6 Å². The van der Waals surface area contributed by atoms with Gasteiger partial charge in [-0.2, -0.15) is 13.2 Å². The predicted octanol–water partition coefficient (Wildman–Crippen LogP) is 5.10. The van der Waals surface area contributed by atoms with Crippen LogP contribution in [-0.2, 0) is 16.2 Å². The molecule has 4 rings (SSSR count). The molecule has 0 aliphatic heterocycles. The Hall–Kier alpha value is -2.64. The first-order chi connectivity index (χ1) is 13.7. The average molecular weight is 417 g/mol. The van der Waals surface area contributed by atoms with Gasteiger partial charge >= 0.3 is 6.18 Å². The Bertz CT molecular complexity index is 1170. The lowest BCUT2D eigenvalue weighted by Gasteiger charge is -2.16. The van der Waals surface area contributed by atoms with Crippen molar-refractivity contribution in [2.45, 2.75) is 23.9 Å². The number of halogens is 3. The van der Waals surface area contributed by atoms with Gasteiger partial charge in [0.05, 0.1) is 10.5 Å². The zero-order valence-electron chi connectivity index (χ0n) is 15.5. The van der Waals surface area contributed by atoms with E-state index < -0.39 is 27.7 Å². The molecule has 7 heteroatoms. The smallest absolute Gasteiger partial charge is 0.210 e. The summed E-state index contributed by atoms with van der Waals surface area (Å²) in [6, 6.07) is 17.4. The van der Waals surface area contributed by atoms with Crippen LogP contribution in [0.4, 0.5) is 13.2 Å². The number of aryl methyl sites for hydroxylation is 1. The molecular weight excluding hydrogens is 399 g/mol. The summed E-state index contributed by atoms with van der Waals surface area (Å²) in [7, 11) is -3.78. The minimum atomic E-state index is -4.46. The summed E-state index contributed by atoms with van der Waals surface area (Å²) in [6.45, 7) is 1.83. The molecule has 0 fully saturated rings. The van der Waals surface area contributed by atoms with Crippen molar-refractivity contribution in [2.75, 3.05) is 6.54 Å². The number of nitrogens with one attached hydrogen (secondary N) is 1. The minimum absolute atomic E-state index is 0.0263. The molecule has 0 amide bonds. The van der Waals surface area contributed by atoms with E-state index in [1.165, 1.54) is 18.2 Å². The maximum Gasteiger partial charge on any atom is 0.416 e. The Morgan fingerprint density at radius 1 is 0.897 bits per heavy atom. The van der Waals surface area contributed by atoms with Gasteiger partial charge in [0.1, 0.15) is 0 Å². The lowest BCUT2D eigenvalue weighted by molar-refractivity contribution is -0.137. The van der Waals surface area contributed by atoms with Crippen molar-refractivity contribution in [2.24, 2.45) is 0 Å². The second-order valence-corrected chi connectivity index (χ2v) is 8.87. The topological polar surface area (TPSA) is 46.2 Å². The molecule has 3 aromatic carbocycles. The van der Waals surface area contributed by atoms with Crippen LogP contribution in [0, 0.1) is 6.92 Å². The molecule has 0 spiro atoms. The standard InChI is InChI=1S/C22H18F3NO2S/c1-14-6-9-16(10-7-14)29(27,28)26-13-21-18-5-3-2-4-17(18)19-11-8-15(12-20(19)21)22(23,24)25/h2-12,21,26H,13H2,1H3. The molecule has 0 saturated heterocycles. The summed E-state index contributed by atoms with van der Waals surface area (Å²) in [5.41, 5.74) is 3.02. The molecular formula is C22H18F3NO2S. The first kappa shape index (κ1) is 19.7. The van der Waals surface area contributed by atoms with Gasteiger partial charge < -0.3 is 0 Å². The van der Waals surface area contributed by atoms with E-state index in [-0.39, 0.29) is 11.4 Å². The van der Waals surface area contributed by atoms with Crippen LogP contribution in [0.25, 0.3) is 11.1 Å². The van der Waals surface area contributed by atoms with Crippen LogP contribution >= 0.6 is 0 Å². The molecule has 1 N–H and O–H groups in total. The molecule has 0 aromatic heterocycles. The van der Waals surface area contributed by atoms with E-state index in [1.54, 1.807) is 18.2 Å². The van der Waals surface area contributed by atoms with Gasteiger partial charge in [-0.25, -0.2) is 13.1 Å². The van der Waals surface area contributed by atoms with Crippen molar-refractivity contribution in [3.63, 3.8) is 0 Å². The highest BCUT2D eigenvalue weighted by Crippen LogP contribution is 2.46. The van der Waals surface area contributed by atoms with Crippen molar-refractivity contribution in [3.8, 4) is 11.1 Å². The van der Waals surface area contributed by atoms with E-state index in [0.29, 0.717) is 11.1 Å². The monoisotopic (exact) mass is 417 g/mol. The Labute approximate surface area is 167 Å². The van der Waals surface area contributed by atoms with Gasteiger partial charge in [0, 0.05) is 12.5 Å². The van der Waals surface area contributed by atoms with Crippen molar-refractivity contribution < 1.29 is 21.6 Å². The third kappa shape index (κ3) is 3.68. The summed E-state index contributed by atoms with van der Waals surface area (Å²) in [4.78, 5) is 0.124. The number of rotatable bonds is 4. The SMILES string of the molecule is Cc1ccc(S(=O)(=O)NCC2c3ccccc3-c3ccc(C(F)(F)F)cc32)cc1. The fourth-order valence-electron chi connectivity index (χ4n) is 3.70.